The molecule has 4 heteroatoms. The number of hydrogen-bond donors (Lipinski definition) is 0. The standard InChI is InChI=1S/C49H32N2OS/c1-2-7-39-30-40(16-15-33(39)6-1)36-13-11-34(12-14-36)35-17-23-43(24-18-35)51(44-25-19-37(20-26-44)42-31-41-8-5-29-53-48(41)32-42)45-27-21-38(22-28-45)49-50-46-9-3-4-10-47(46)52-49/h1-32H. The normalized spacial score (nSPS) is 11.4. The first-order chi connectivity index (χ1) is 26.2. The zero-order valence-electron chi connectivity index (χ0n) is 28.7. The maximum atomic E-state index is 6.08. The molecule has 0 N–H and O–H groups in total. The van der Waals surface area contributed by atoms with E-state index in [2.05, 4.69) is 174 Å². The molecule has 0 spiro atoms. The van der Waals surface area contributed by atoms with Crippen LogP contribution in [0, 0.1) is 0 Å². The monoisotopic (exact) mass is 696 g/mol. The van der Waals surface area contributed by atoms with Gasteiger partial charge in [0.05, 0.1) is 0 Å². The van der Waals surface area contributed by atoms with Gasteiger partial charge in [-0.2, -0.15) is 0 Å². The van der Waals surface area contributed by atoms with Gasteiger partial charge in [-0.1, -0.05) is 109 Å². The molecule has 2 heterocycles. The summed E-state index contributed by atoms with van der Waals surface area (Å²) in [6.07, 6.45) is 0. The van der Waals surface area contributed by atoms with Gasteiger partial charge in [0, 0.05) is 27.5 Å². The molecular weight excluding hydrogens is 665 g/mol. The van der Waals surface area contributed by atoms with Gasteiger partial charge in [-0.15, -0.1) is 11.3 Å². The van der Waals surface area contributed by atoms with Crippen LogP contribution in [0.15, 0.2) is 198 Å². The summed E-state index contributed by atoms with van der Waals surface area (Å²) >= 11 is 1.78. The van der Waals surface area contributed by atoms with Crippen molar-refractivity contribution >= 4 is 50.3 Å². The number of oxazole rings is 1. The van der Waals surface area contributed by atoms with Crippen LogP contribution in [0.2, 0.25) is 0 Å². The predicted molar refractivity (Wildman–Crippen MR) is 222 cm³/mol. The molecule has 250 valence electrons. The molecule has 0 amide bonds. The number of aromatic nitrogens is 1. The molecule has 3 nitrogen and oxygen atoms in total. The topological polar surface area (TPSA) is 29.3 Å². The molecule has 8 aromatic rings. The molecule has 0 atom stereocenters. The molecule has 1 aliphatic heterocycles. The maximum Gasteiger partial charge on any atom is 0.227 e. The van der Waals surface area contributed by atoms with Crippen molar-refractivity contribution < 1.29 is 4.42 Å². The lowest BCUT2D eigenvalue weighted by molar-refractivity contribution is 0.620. The Morgan fingerprint density at radius 3 is 1.60 bits per heavy atom. The Bertz CT molecular complexity index is 2700. The van der Waals surface area contributed by atoms with Crippen LogP contribution in [0.3, 0.4) is 0 Å². The Kier molecular flexibility index (Phi) is 7.67. The summed E-state index contributed by atoms with van der Waals surface area (Å²) in [6, 6.07) is 66.9. The SMILES string of the molecule is c1csc2cc(-c3ccc(N(c4ccc(-c5ccc(-c6ccc7ccccc7c6)cc5)cc4)c4ccc(-c5nc6ccccc6o5)cc4)cc3)cc-2c1. The van der Waals surface area contributed by atoms with E-state index in [1.165, 1.54) is 54.6 Å². The number of fused-ring (bicyclic) bond motifs is 3. The summed E-state index contributed by atoms with van der Waals surface area (Å²) in [5, 5.41) is 4.65. The summed E-state index contributed by atoms with van der Waals surface area (Å²) in [5.74, 6) is 0.618. The summed E-state index contributed by atoms with van der Waals surface area (Å²) in [6.45, 7) is 0. The second kappa shape index (κ2) is 13.1. The number of hydrogen-bond acceptors (Lipinski definition) is 4. The third kappa shape index (κ3) is 5.95. The summed E-state index contributed by atoms with van der Waals surface area (Å²) in [4.78, 5) is 8.32. The minimum absolute atomic E-state index is 0.618. The summed E-state index contributed by atoms with van der Waals surface area (Å²) in [7, 11) is 0. The van der Waals surface area contributed by atoms with Crippen molar-refractivity contribution in [1.29, 1.82) is 0 Å². The number of rotatable bonds is 7. The first kappa shape index (κ1) is 31.0. The van der Waals surface area contributed by atoms with Crippen LogP contribution < -0.4 is 4.90 Å². The Balaban J connectivity index is 0.975. The van der Waals surface area contributed by atoms with Gasteiger partial charge >= 0.3 is 0 Å². The minimum Gasteiger partial charge on any atom is -0.436 e. The van der Waals surface area contributed by atoms with Crippen molar-refractivity contribution in [3.63, 3.8) is 0 Å². The first-order valence-corrected chi connectivity index (χ1v) is 18.6. The molecule has 0 radical (unpaired) electrons. The van der Waals surface area contributed by atoms with Crippen LogP contribution in [0.1, 0.15) is 0 Å². The maximum absolute atomic E-state index is 6.08. The van der Waals surface area contributed by atoms with Crippen LogP contribution in [0.25, 0.3) is 77.1 Å². The van der Waals surface area contributed by atoms with Crippen LogP contribution in [0.4, 0.5) is 17.1 Å². The molecule has 7 aromatic carbocycles. The summed E-state index contributed by atoms with van der Waals surface area (Å²) in [5.41, 5.74) is 14.3. The first-order valence-electron chi connectivity index (χ1n) is 17.8. The number of para-hydroxylation sites is 2. The Hall–Kier alpha value is -6.75. The highest BCUT2D eigenvalue weighted by molar-refractivity contribution is 7.13. The number of nitrogens with zero attached hydrogens (tertiary/aromatic N) is 2. The van der Waals surface area contributed by atoms with E-state index < -0.39 is 0 Å². The third-order valence-electron chi connectivity index (χ3n) is 9.98. The third-order valence-corrected chi connectivity index (χ3v) is 10.9. The van der Waals surface area contributed by atoms with E-state index in [-0.39, 0.29) is 0 Å². The highest BCUT2D eigenvalue weighted by Crippen LogP contribution is 2.40. The van der Waals surface area contributed by atoms with Gasteiger partial charge in [0.1, 0.15) is 5.52 Å². The lowest BCUT2D eigenvalue weighted by Gasteiger charge is -2.26. The molecule has 1 aromatic heterocycles. The van der Waals surface area contributed by atoms with Gasteiger partial charge in [0.15, 0.2) is 5.58 Å². The van der Waals surface area contributed by atoms with Gasteiger partial charge < -0.3 is 9.32 Å². The van der Waals surface area contributed by atoms with Crippen LogP contribution in [-0.4, -0.2) is 4.98 Å². The van der Waals surface area contributed by atoms with E-state index in [9.17, 15) is 0 Å². The summed E-state index contributed by atoms with van der Waals surface area (Å²) < 4.78 is 6.08. The fraction of sp³-hybridized carbons (Fsp3) is 0. The van der Waals surface area contributed by atoms with Gasteiger partial charge in [0.2, 0.25) is 5.89 Å². The van der Waals surface area contributed by atoms with Crippen molar-refractivity contribution in [2.45, 2.75) is 0 Å². The quantitative estimate of drug-likeness (QED) is 0.166. The van der Waals surface area contributed by atoms with E-state index in [0.29, 0.717) is 5.89 Å². The van der Waals surface area contributed by atoms with Crippen molar-refractivity contribution in [2.24, 2.45) is 0 Å². The van der Waals surface area contributed by atoms with Gasteiger partial charge in [-0.05, 0) is 134 Å². The lowest BCUT2D eigenvalue weighted by Crippen LogP contribution is -2.09. The molecule has 0 bridgehead atoms. The molecule has 0 unspecified atom stereocenters. The largest absolute Gasteiger partial charge is 0.436 e. The van der Waals surface area contributed by atoms with E-state index in [1.807, 2.05) is 24.3 Å². The fourth-order valence-electron chi connectivity index (χ4n) is 7.19. The molecule has 0 saturated carbocycles. The molecule has 2 aliphatic rings. The van der Waals surface area contributed by atoms with E-state index >= 15 is 0 Å². The van der Waals surface area contributed by atoms with Crippen molar-refractivity contribution in [3.05, 3.63) is 193 Å². The lowest BCUT2D eigenvalue weighted by atomic mass is 9.98. The van der Waals surface area contributed by atoms with Crippen molar-refractivity contribution in [1.82, 2.24) is 4.98 Å². The zero-order chi connectivity index (χ0) is 35.1. The average molecular weight is 697 g/mol. The van der Waals surface area contributed by atoms with Gasteiger partial charge in [-0.25, -0.2) is 4.98 Å². The molecule has 1 aliphatic carbocycles. The minimum atomic E-state index is 0.618. The Morgan fingerprint density at radius 1 is 0.396 bits per heavy atom. The van der Waals surface area contributed by atoms with Crippen LogP contribution in [-0.2, 0) is 0 Å². The number of benzene rings is 7. The van der Waals surface area contributed by atoms with Crippen molar-refractivity contribution in [3.8, 4) is 55.3 Å². The molecular formula is C49H32N2OS. The second-order valence-electron chi connectivity index (χ2n) is 13.3. The van der Waals surface area contributed by atoms with E-state index in [1.54, 1.807) is 11.3 Å². The van der Waals surface area contributed by atoms with Gasteiger partial charge in [-0.3, -0.25) is 0 Å². The average Bonchev–Trinajstić information content (AvgIpc) is 3.87. The predicted octanol–water partition coefficient (Wildman–Crippen LogP) is 14.3. The van der Waals surface area contributed by atoms with Crippen LogP contribution >= 0.6 is 11.3 Å². The van der Waals surface area contributed by atoms with E-state index in [0.717, 1.165) is 33.7 Å². The smallest absolute Gasteiger partial charge is 0.227 e. The highest BCUT2D eigenvalue weighted by Gasteiger charge is 2.16. The Morgan fingerprint density at radius 2 is 0.943 bits per heavy atom. The zero-order valence-corrected chi connectivity index (χ0v) is 29.5. The number of anilines is 3. The fourth-order valence-corrected chi connectivity index (χ4v) is 7.95. The van der Waals surface area contributed by atoms with E-state index in [4.69, 9.17) is 9.40 Å². The van der Waals surface area contributed by atoms with Crippen molar-refractivity contribution in [2.75, 3.05) is 4.90 Å². The second-order valence-corrected chi connectivity index (χ2v) is 14.2. The highest BCUT2D eigenvalue weighted by atomic mass is 32.1. The molecule has 53 heavy (non-hydrogen) atoms. The molecule has 0 fully saturated rings. The van der Waals surface area contributed by atoms with Crippen LogP contribution in [0.5, 0.6) is 0 Å². The Labute approximate surface area is 312 Å². The molecule has 10 rings (SSSR count). The van der Waals surface area contributed by atoms with Gasteiger partial charge in [0.25, 0.3) is 0 Å². The molecule has 0 saturated heterocycles.